The predicted octanol–water partition coefficient (Wildman–Crippen LogP) is 6.53. The van der Waals surface area contributed by atoms with Gasteiger partial charge in [0.25, 0.3) is 0 Å². The van der Waals surface area contributed by atoms with Crippen LogP contribution in [0.25, 0.3) is 0 Å². The van der Waals surface area contributed by atoms with Crippen molar-refractivity contribution in [1.82, 2.24) is 10.2 Å². The van der Waals surface area contributed by atoms with Crippen LogP contribution in [-0.4, -0.2) is 34.6 Å². The molecule has 3 rings (SSSR count). The maximum atomic E-state index is 13.6. The highest BCUT2D eigenvalue weighted by molar-refractivity contribution is 7.99. The average molecular weight is 548 g/mol. The first-order valence-corrected chi connectivity index (χ1v) is 13.5. The second-order valence-electron chi connectivity index (χ2n) is 8.75. The molecule has 0 aromatic heterocycles. The quantitative estimate of drug-likeness (QED) is 0.297. The summed E-state index contributed by atoms with van der Waals surface area (Å²) in [6.45, 7) is 3.94. The molecule has 36 heavy (non-hydrogen) atoms. The van der Waals surface area contributed by atoms with Gasteiger partial charge in [0.2, 0.25) is 11.8 Å². The lowest BCUT2D eigenvalue weighted by molar-refractivity contribution is -0.139. The molecule has 8 heteroatoms. The zero-order valence-electron chi connectivity index (χ0n) is 20.2. The average Bonchev–Trinajstić information content (AvgIpc) is 2.84. The molecule has 0 heterocycles. The molecule has 3 aromatic rings. The number of amides is 2. The number of hydrogen-bond donors (Lipinski definition) is 1. The smallest absolute Gasteiger partial charge is 0.243 e. The van der Waals surface area contributed by atoms with E-state index >= 15 is 0 Å². The second kappa shape index (κ2) is 13.7. The van der Waals surface area contributed by atoms with E-state index in [1.807, 2.05) is 44.2 Å². The first kappa shape index (κ1) is 28.0. The Morgan fingerprint density at radius 1 is 0.972 bits per heavy atom. The Kier molecular flexibility index (Phi) is 10.7. The summed E-state index contributed by atoms with van der Waals surface area (Å²) in [7, 11) is 0. The SMILES string of the molecule is CC(C)NC(=O)[C@@H](Cc1ccccc1)N(Cc1ccc(Cl)cc1Cl)C(=O)CSCc1ccc(F)cc1. The van der Waals surface area contributed by atoms with Gasteiger partial charge in [-0.1, -0.05) is 71.7 Å². The van der Waals surface area contributed by atoms with Crippen LogP contribution in [0.4, 0.5) is 4.39 Å². The van der Waals surface area contributed by atoms with Gasteiger partial charge >= 0.3 is 0 Å². The monoisotopic (exact) mass is 546 g/mol. The molecular formula is C28H29Cl2FN2O2S. The maximum Gasteiger partial charge on any atom is 0.243 e. The van der Waals surface area contributed by atoms with E-state index in [4.69, 9.17) is 23.2 Å². The van der Waals surface area contributed by atoms with Gasteiger partial charge in [-0.05, 0) is 54.8 Å². The van der Waals surface area contributed by atoms with E-state index in [0.29, 0.717) is 27.8 Å². The molecule has 0 unspecified atom stereocenters. The van der Waals surface area contributed by atoms with Crippen molar-refractivity contribution in [3.05, 3.63) is 105 Å². The maximum absolute atomic E-state index is 13.6. The summed E-state index contributed by atoms with van der Waals surface area (Å²) in [5.74, 6) is -0.0130. The van der Waals surface area contributed by atoms with E-state index in [1.165, 1.54) is 23.9 Å². The lowest BCUT2D eigenvalue weighted by Gasteiger charge is -2.32. The Labute approximate surface area is 226 Å². The minimum atomic E-state index is -0.736. The molecular weight excluding hydrogens is 518 g/mol. The van der Waals surface area contributed by atoms with Gasteiger partial charge in [0.15, 0.2) is 0 Å². The normalized spacial score (nSPS) is 11.8. The fraction of sp³-hybridized carbons (Fsp3) is 0.286. The van der Waals surface area contributed by atoms with E-state index in [0.717, 1.165) is 11.1 Å². The number of rotatable bonds is 11. The molecule has 1 atom stereocenters. The molecule has 0 bridgehead atoms. The number of halogens is 3. The van der Waals surface area contributed by atoms with Crippen molar-refractivity contribution >= 4 is 46.8 Å². The van der Waals surface area contributed by atoms with Crippen molar-refractivity contribution < 1.29 is 14.0 Å². The van der Waals surface area contributed by atoms with E-state index in [9.17, 15) is 14.0 Å². The topological polar surface area (TPSA) is 49.4 Å². The van der Waals surface area contributed by atoms with Crippen LogP contribution in [0.15, 0.2) is 72.8 Å². The fourth-order valence-electron chi connectivity index (χ4n) is 3.69. The molecule has 0 saturated heterocycles. The van der Waals surface area contributed by atoms with Gasteiger partial charge in [-0.2, -0.15) is 0 Å². The largest absolute Gasteiger partial charge is 0.352 e. The van der Waals surface area contributed by atoms with Crippen molar-refractivity contribution in [2.75, 3.05) is 5.75 Å². The van der Waals surface area contributed by atoms with Crippen molar-refractivity contribution in [3.63, 3.8) is 0 Å². The Bertz CT molecular complexity index is 1160. The van der Waals surface area contributed by atoms with Gasteiger partial charge in [-0.3, -0.25) is 9.59 Å². The number of nitrogens with zero attached hydrogens (tertiary/aromatic N) is 1. The van der Waals surface area contributed by atoms with Crippen LogP contribution in [-0.2, 0) is 28.3 Å². The molecule has 2 amide bonds. The van der Waals surface area contributed by atoms with E-state index in [1.54, 1.807) is 35.2 Å². The van der Waals surface area contributed by atoms with E-state index < -0.39 is 6.04 Å². The number of thioether (sulfide) groups is 1. The second-order valence-corrected chi connectivity index (χ2v) is 10.6. The summed E-state index contributed by atoms with van der Waals surface area (Å²) >= 11 is 13.9. The Morgan fingerprint density at radius 2 is 1.67 bits per heavy atom. The minimum Gasteiger partial charge on any atom is -0.352 e. The Morgan fingerprint density at radius 3 is 2.31 bits per heavy atom. The predicted molar refractivity (Wildman–Crippen MR) is 147 cm³/mol. The van der Waals surface area contributed by atoms with Crippen LogP contribution in [0.2, 0.25) is 10.0 Å². The molecule has 0 fully saturated rings. The highest BCUT2D eigenvalue weighted by Crippen LogP contribution is 2.25. The lowest BCUT2D eigenvalue weighted by Crippen LogP contribution is -2.52. The minimum absolute atomic E-state index is 0.0836. The number of carbonyl (C=O) groups excluding carboxylic acids is 2. The van der Waals surface area contributed by atoms with Crippen LogP contribution < -0.4 is 5.32 Å². The third-order valence-corrected chi connectivity index (χ3v) is 7.04. The van der Waals surface area contributed by atoms with Crippen molar-refractivity contribution in [3.8, 4) is 0 Å². The first-order chi connectivity index (χ1) is 17.2. The highest BCUT2D eigenvalue weighted by atomic mass is 35.5. The molecule has 0 spiro atoms. The third kappa shape index (κ3) is 8.54. The van der Waals surface area contributed by atoms with Crippen molar-refractivity contribution in [2.24, 2.45) is 0 Å². The molecule has 0 radical (unpaired) electrons. The molecule has 0 aliphatic rings. The summed E-state index contributed by atoms with van der Waals surface area (Å²) in [4.78, 5) is 28.5. The van der Waals surface area contributed by atoms with Crippen molar-refractivity contribution in [2.45, 2.75) is 44.6 Å². The number of hydrogen-bond acceptors (Lipinski definition) is 3. The molecule has 4 nitrogen and oxygen atoms in total. The Hall–Kier alpha value is -2.54. The van der Waals surface area contributed by atoms with Gasteiger partial charge < -0.3 is 10.2 Å². The van der Waals surface area contributed by atoms with Gasteiger partial charge in [-0.15, -0.1) is 11.8 Å². The van der Waals surface area contributed by atoms with Crippen molar-refractivity contribution in [1.29, 1.82) is 0 Å². The Balaban J connectivity index is 1.87. The number of nitrogens with one attached hydrogen (secondary N) is 1. The summed E-state index contributed by atoms with van der Waals surface area (Å²) in [6.07, 6.45) is 0.360. The molecule has 3 aromatic carbocycles. The summed E-state index contributed by atoms with van der Waals surface area (Å²) < 4.78 is 13.2. The third-order valence-electron chi connectivity index (χ3n) is 5.47. The summed E-state index contributed by atoms with van der Waals surface area (Å²) in [5.41, 5.74) is 2.56. The molecule has 0 aliphatic heterocycles. The summed E-state index contributed by atoms with van der Waals surface area (Å²) in [6, 6.07) is 20.1. The standard InChI is InChI=1S/C28H29Cl2FN2O2S/c1-19(2)32-28(35)26(14-20-6-4-3-5-7-20)33(16-22-10-11-23(29)15-25(22)30)27(34)18-36-17-21-8-12-24(31)13-9-21/h3-13,15,19,26H,14,16-18H2,1-2H3,(H,32,35)/t26-/m1/s1. The molecule has 0 aliphatic carbocycles. The lowest BCUT2D eigenvalue weighted by atomic mass is 10.0. The van der Waals surface area contributed by atoms with Crippen LogP contribution in [0.1, 0.15) is 30.5 Å². The van der Waals surface area contributed by atoms with Crippen LogP contribution >= 0.6 is 35.0 Å². The summed E-state index contributed by atoms with van der Waals surface area (Å²) in [5, 5.41) is 3.89. The van der Waals surface area contributed by atoms with Crippen LogP contribution in [0, 0.1) is 5.82 Å². The van der Waals surface area contributed by atoms with Crippen LogP contribution in [0.5, 0.6) is 0 Å². The van der Waals surface area contributed by atoms with E-state index in [-0.39, 0.29) is 36.0 Å². The van der Waals surface area contributed by atoms with Gasteiger partial charge in [0, 0.05) is 34.8 Å². The molecule has 0 saturated carbocycles. The molecule has 190 valence electrons. The molecule has 1 N–H and O–H groups in total. The van der Waals surface area contributed by atoms with Crippen LogP contribution in [0.3, 0.4) is 0 Å². The first-order valence-electron chi connectivity index (χ1n) is 11.6. The van der Waals surface area contributed by atoms with Gasteiger partial charge in [0.1, 0.15) is 11.9 Å². The zero-order valence-corrected chi connectivity index (χ0v) is 22.5. The van der Waals surface area contributed by atoms with E-state index in [2.05, 4.69) is 5.32 Å². The number of carbonyl (C=O) groups is 2. The van der Waals surface area contributed by atoms with Gasteiger partial charge in [-0.25, -0.2) is 4.39 Å². The zero-order chi connectivity index (χ0) is 26.1. The fourth-order valence-corrected chi connectivity index (χ4v) is 5.03. The number of benzene rings is 3. The highest BCUT2D eigenvalue weighted by Gasteiger charge is 2.31. The van der Waals surface area contributed by atoms with Gasteiger partial charge in [0.05, 0.1) is 5.75 Å².